The zero-order valence-electron chi connectivity index (χ0n) is 27.5. The van der Waals surface area contributed by atoms with Crippen LogP contribution in [0.4, 0.5) is 0 Å². The number of nitrogens with zero attached hydrogens (tertiary/aromatic N) is 2. The van der Waals surface area contributed by atoms with Gasteiger partial charge < -0.3 is 25.8 Å². The van der Waals surface area contributed by atoms with Crippen LogP contribution in [-0.4, -0.2) is 100 Å². The fourth-order valence-corrected chi connectivity index (χ4v) is 8.57. The zero-order chi connectivity index (χ0) is 37.4. The van der Waals surface area contributed by atoms with Gasteiger partial charge in [-0.15, -0.1) is 23.5 Å². The molecule has 4 aliphatic heterocycles. The minimum atomic E-state index is -0.657. The summed E-state index contributed by atoms with van der Waals surface area (Å²) in [6, 6.07) is 17.1. The first kappa shape index (κ1) is 40.2. The third-order valence-corrected chi connectivity index (χ3v) is 11.6. The number of β-lactam (4-membered cyclic amide) rings is 2. The van der Waals surface area contributed by atoms with Gasteiger partial charge in [0, 0.05) is 11.5 Å². The second kappa shape index (κ2) is 18.3. The van der Waals surface area contributed by atoms with E-state index in [0.717, 1.165) is 11.1 Å². The molecule has 0 aromatic heterocycles. The van der Waals surface area contributed by atoms with Crippen LogP contribution in [0.5, 0.6) is 0 Å². The largest absolute Gasteiger partial charge is 0.464 e. The van der Waals surface area contributed by atoms with Crippen LogP contribution in [0.2, 0.25) is 0 Å². The lowest BCUT2D eigenvalue weighted by Crippen LogP contribution is -2.70. The van der Waals surface area contributed by atoms with Gasteiger partial charge in [0.15, 0.2) is 0 Å². The van der Waals surface area contributed by atoms with Crippen molar-refractivity contribution in [1.82, 2.24) is 20.4 Å². The third kappa shape index (κ3) is 9.09. The van der Waals surface area contributed by atoms with Gasteiger partial charge >= 0.3 is 11.9 Å². The number of methoxy groups -OCH3 is 2. The summed E-state index contributed by atoms with van der Waals surface area (Å²) in [5.41, 5.74) is 7.56. The molecule has 51 heavy (non-hydrogen) atoms. The van der Waals surface area contributed by atoms with E-state index in [1.54, 1.807) is 7.05 Å². The quantitative estimate of drug-likeness (QED) is 0.203. The molecule has 2 fully saturated rings. The summed E-state index contributed by atoms with van der Waals surface area (Å²) in [7, 11) is 4.19. The Morgan fingerprint density at radius 1 is 0.843 bits per heavy atom. The average Bonchev–Trinajstić information content (AvgIpc) is 3.14. The van der Waals surface area contributed by atoms with Crippen LogP contribution in [0.25, 0.3) is 0 Å². The van der Waals surface area contributed by atoms with E-state index in [0.29, 0.717) is 16.5 Å². The van der Waals surface area contributed by atoms with Gasteiger partial charge in [-0.1, -0.05) is 83.9 Å². The summed E-state index contributed by atoms with van der Waals surface area (Å²) >= 11 is 20.2. The highest BCUT2D eigenvalue weighted by Crippen LogP contribution is 2.42. The van der Waals surface area contributed by atoms with Crippen LogP contribution in [0.3, 0.4) is 0 Å². The Balaban J connectivity index is 0.000000185. The number of likely N-dealkylation sites (N-methyl/N-ethyl adjacent to an activating group) is 1. The highest BCUT2D eigenvalue weighted by Gasteiger charge is 2.54. The standard InChI is InChI=1S/C16H15ClN2O4S.C9H10ClNO.C8H9ClN2O3S/c1-23-16(22)13-10(17)8-24-15-12(14(21)19(13)15)18-11(20)7-9-5-3-2-4-6-9;1-11-8(9(10)12)7-5-3-2-4-6-7;1-14-8(13)5-3(9)2-15-7-4(10)6(12)11(5)7/h2-6,12,15H,7-8H2,1H3,(H,18,20);2-6,8,11H,1H3;4,7H,2,10H2,1H3. The highest BCUT2D eigenvalue weighted by molar-refractivity contribution is 8.00. The molecule has 5 atom stereocenters. The van der Waals surface area contributed by atoms with E-state index in [9.17, 15) is 28.8 Å². The number of hydrogen-bond acceptors (Lipinski definition) is 12. The highest BCUT2D eigenvalue weighted by atomic mass is 35.5. The molecule has 0 saturated carbocycles. The smallest absolute Gasteiger partial charge is 0.356 e. The molecule has 3 amide bonds. The van der Waals surface area contributed by atoms with Crippen LogP contribution in [0.15, 0.2) is 82.1 Å². The van der Waals surface area contributed by atoms with E-state index in [2.05, 4.69) is 20.1 Å². The molecule has 4 N–H and O–H groups in total. The number of thioether (sulfide) groups is 2. The molecule has 2 aromatic rings. The molecule has 4 heterocycles. The second-order valence-electron chi connectivity index (χ2n) is 11.0. The van der Waals surface area contributed by atoms with Crippen LogP contribution in [0, 0.1) is 0 Å². The van der Waals surface area contributed by atoms with E-state index < -0.39 is 30.1 Å². The second-order valence-corrected chi connectivity index (χ2v) is 14.5. The lowest BCUT2D eigenvalue weighted by atomic mass is 10.0. The summed E-state index contributed by atoms with van der Waals surface area (Å²) in [4.78, 5) is 72.7. The van der Waals surface area contributed by atoms with E-state index in [4.69, 9.17) is 40.5 Å². The molecular formula is C33H34Cl3N5O8S2. The average molecular weight is 799 g/mol. The van der Waals surface area contributed by atoms with Gasteiger partial charge in [-0.05, 0) is 29.8 Å². The van der Waals surface area contributed by atoms with Gasteiger partial charge in [-0.2, -0.15) is 0 Å². The van der Waals surface area contributed by atoms with Gasteiger partial charge in [-0.25, -0.2) is 9.59 Å². The number of ether oxygens (including phenoxy) is 2. The normalized spacial score (nSPS) is 22.3. The molecular weight excluding hydrogens is 765 g/mol. The summed E-state index contributed by atoms with van der Waals surface area (Å²) in [5.74, 6) is -1.24. The number of nitrogens with one attached hydrogen (secondary N) is 2. The molecule has 18 heteroatoms. The fourth-order valence-electron chi connectivity index (χ4n) is 5.30. The lowest BCUT2D eigenvalue weighted by molar-refractivity contribution is -0.151. The summed E-state index contributed by atoms with van der Waals surface area (Å²) in [6.45, 7) is 0. The number of esters is 2. The molecule has 2 saturated heterocycles. The number of benzene rings is 2. The number of hydrogen-bond donors (Lipinski definition) is 3. The Labute approximate surface area is 317 Å². The molecule has 272 valence electrons. The van der Waals surface area contributed by atoms with Crippen molar-refractivity contribution in [2.24, 2.45) is 5.73 Å². The minimum Gasteiger partial charge on any atom is -0.464 e. The predicted molar refractivity (Wildman–Crippen MR) is 195 cm³/mol. The molecule has 0 spiro atoms. The van der Waals surface area contributed by atoms with Crippen molar-refractivity contribution in [2.45, 2.75) is 35.3 Å². The minimum absolute atomic E-state index is 0.0708. The van der Waals surface area contributed by atoms with E-state index in [1.165, 1.54) is 47.5 Å². The van der Waals surface area contributed by atoms with Crippen LogP contribution in [0.1, 0.15) is 17.2 Å². The first-order valence-corrected chi connectivity index (χ1v) is 18.4. The Morgan fingerprint density at radius 3 is 1.82 bits per heavy atom. The molecule has 0 aliphatic carbocycles. The molecule has 2 aromatic carbocycles. The van der Waals surface area contributed by atoms with Crippen LogP contribution < -0.4 is 16.4 Å². The molecule has 0 radical (unpaired) electrons. The van der Waals surface area contributed by atoms with Gasteiger partial charge in [-0.3, -0.25) is 29.0 Å². The molecule has 13 nitrogen and oxygen atoms in total. The molecule has 0 bridgehead atoms. The topological polar surface area (TPSA) is 177 Å². The first-order valence-electron chi connectivity index (χ1n) is 15.2. The van der Waals surface area contributed by atoms with Crippen molar-refractivity contribution in [3.63, 3.8) is 0 Å². The Hall–Kier alpha value is -3.57. The Morgan fingerprint density at radius 2 is 1.33 bits per heavy atom. The van der Waals surface area contributed by atoms with Gasteiger partial charge in [0.05, 0.1) is 30.7 Å². The van der Waals surface area contributed by atoms with Crippen LogP contribution >= 0.6 is 58.3 Å². The maximum Gasteiger partial charge on any atom is 0.356 e. The number of amides is 3. The summed E-state index contributed by atoms with van der Waals surface area (Å²) < 4.78 is 9.26. The monoisotopic (exact) mass is 797 g/mol. The number of fused-ring (bicyclic) bond motifs is 2. The van der Waals surface area contributed by atoms with Crippen molar-refractivity contribution < 1.29 is 38.2 Å². The Bertz CT molecular complexity index is 1730. The van der Waals surface area contributed by atoms with Gasteiger partial charge in [0.25, 0.3) is 5.91 Å². The molecule has 5 unspecified atom stereocenters. The molecule has 6 rings (SSSR count). The van der Waals surface area contributed by atoms with E-state index in [1.807, 2.05) is 60.7 Å². The maximum absolute atomic E-state index is 12.4. The number of carbonyl (C=O) groups excluding carboxylic acids is 6. The maximum atomic E-state index is 12.4. The van der Waals surface area contributed by atoms with Crippen molar-refractivity contribution in [3.8, 4) is 0 Å². The zero-order valence-corrected chi connectivity index (χ0v) is 31.4. The fraction of sp³-hybridized carbons (Fsp3) is 0.333. The third-order valence-electron chi connectivity index (χ3n) is 7.81. The van der Waals surface area contributed by atoms with E-state index >= 15 is 0 Å². The van der Waals surface area contributed by atoms with Crippen molar-refractivity contribution in [3.05, 3.63) is 93.2 Å². The predicted octanol–water partition coefficient (Wildman–Crippen LogP) is 2.82. The van der Waals surface area contributed by atoms with Crippen molar-refractivity contribution in [1.29, 1.82) is 0 Å². The van der Waals surface area contributed by atoms with E-state index in [-0.39, 0.29) is 56.6 Å². The molecule has 4 aliphatic rings. The van der Waals surface area contributed by atoms with Gasteiger partial charge in [0.1, 0.15) is 40.3 Å². The van der Waals surface area contributed by atoms with Crippen molar-refractivity contribution in [2.75, 3.05) is 32.8 Å². The summed E-state index contributed by atoms with van der Waals surface area (Å²) in [5, 5.41) is 5.28. The number of rotatable bonds is 8. The first-order chi connectivity index (χ1) is 24.4. The van der Waals surface area contributed by atoms with Crippen molar-refractivity contribution >= 4 is 93.2 Å². The number of halogens is 3. The number of carbonyl (C=O) groups is 6. The Kier molecular flexibility index (Phi) is 14.4. The number of nitrogens with two attached hydrogens (primary N) is 1. The SMILES string of the molecule is CNC(C(=O)Cl)c1ccccc1.COC(=O)C1=C(Cl)CSC2C(N)C(=O)N12.COC(=O)C1=C(Cl)CSC2C(NC(=O)Cc3ccccc3)C(=O)N12. The van der Waals surface area contributed by atoms with Crippen LogP contribution in [-0.2, 0) is 44.7 Å². The summed E-state index contributed by atoms with van der Waals surface area (Å²) in [6.07, 6.45) is 0.197. The lowest BCUT2D eigenvalue weighted by Gasteiger charge is -2.49. The van der Waals surface area contributed by atoms with Gasteiger partial charge in [0.2, 0.25) is 17.1 Å².